The largest absolute Gasteiger partial charge is 0.389 e. The zero-order valence-corrected chi connectivity index (χ0v) is 13.1. The summed E-state index contributed by atoms with van der Waals surface area (Å²) in [6.07, 6.45) is -0.475. The fraction of sp³-hybridized carbons (Fsp3) is 0.571. The predicted octanol–water partition coefficient (Wildman–Crippen LogP) is 3.36. The lowest BCUT2D eigenvalue weighted by atomic mass is 10.1. The van der Waals surface area contributed by atoms with E-state index in [9.17, 15) is 5.11 Å². The first-order valence-corrected chi connectivity index (χ1v) is 6.99. The average Bonchev–Trinajstić information content (AvgIpc) is 2.28. The second-order valence-electron chi connectivity index (χ2n) is 4.66. The summed E-state index contributed by atoms with van der Waals surface area (Å²) in [5.74, 6) is 0. The molecule has 0 aliphatic carbocycles. The lowest BCUT2D eigenvalue weighted by molar-refractivity contribution is 0.196. The van der Waals surface area contributed by atoms with Gasteiger partial charge in [0.2, 0.25) is 0 Å². The highest BCUT2D eigenvalue weighted by Crippen LogP contribution is 2.30. The molecule has 0 saturated heterocycles. The first-order chi connectivity index (χ1) is 8.47. The molecule has 0 amide bonds. The second-order valence-corrected chi connectivity index (χ2v) is 5.57. The number of aliphatic hydroxyl groups is 1. The molecule has 0 heterocycles. The zero-order chi connectivity index (χ0) is 13.7. The van der Waals surface area contributed by atoms with Crippen molar-refractivity contribution in [2.45, 2.75) is 32.9 Å². The van der Waals surface area contributed by atoms with E-state index in [1.807, 2.05) is 12.1 Å². The molecule has 0 bridgehead atoms. The van der Waals surface area contributed by atoms with Crippen molar-refractivity contribution in [3.63, 3.8) is 0 Å². The Kier molecular flexibility index (Phi) is 6.12. The minimum atomic E-state index is -0.475. The number of methoxy groups -OCH3 is 1. The van der Waals surface area contributed by atoms with Gasteiger partial charge >= 0.3 is 0 Å². The van der Waals surface area contributed by atoms with Crippen molar-refractivity contribution in [2.24, 2.45) is 0 Å². The molecule has 1 aromatic carbocycles. The Morgan fingerprint density at radius 2 is 2.00 bits per heavy atom. The molecule has 1 N–H and O–H groups in total. The highest BCUT2D eigenvalue weighted by molar-refractivity contribution is 9.10. The topological polar surface area (TPSA) is 32.7 Å². The lowest BCUT2D eigenvalue weighted by Crippen LogP contribution is -2.34. The number of anilines is 1. The van der Waals surface area contributed by atoms with Crippen molar-refractivity contribution < 1.29 is 9.84 Å². The van der Waals surface area contributed by atoms with Crippen LogP contribution in [0.25, 0.3) is 0 Å². The van der Waals surface area contributed by atoms with Gasteiger partial charge in [0.25, 0.3) is 0 Å². The number of halogens is 1. The van der Waals surface area contributed by atoms with Crippen molar-refractivity contribution in [1.82, 2.24) is 0 Å². The van der Waals surface area contributed by atoms with Gasteiger partial charge in [-0.25, -0.2) is 0 Å². The lowest BCUT2D eigenvalue weighted by Gasteiger charge is -2.31. The van der Waals surface area contributed by atoms with Gasteiger partial charge in [0.15, 0.2) is 0 Å². The van der Waals surface area contributed by atoms with Crippen LogP contribution in [0.4, 0.5) is 5.69 Å². The number of rotatable bonds is 6. The first-order valence-electron chi connectivity index (χ1n) is 6.20. The van der Waals surface area contributed by atoms with Crippen LogP contribution in [-0.2, 0) is 4.74 Å². The summed E-state index contributed by atoms with van der Waals surface area (Å²) in [6, 6.07) is 6.33. The molecule has 18 heavy (non-hydrogen) atoms. The highest BCUT2D eigenvalue weighted by Gasteiger charge is 2.17. The van der Waals surface area contributed by atoms with Gasteiger partial charge < -0.3 is 14.7 Å². The molecule has 1 atom stereocenters. The molecule has 0 aromatic heterocycles. The van der Waals surface area contributed by atoms with Gasteiger partial charge in [-0.2, -0.15) is 0 Å². The number of ether oxygens (including phenoxy) is 1. The second kappa shape index (κ2) is 7.12. The molecule has 1 aromatic rings. The van der Waals surface area contributed by atoms with Crippen LogP contribution in [0.5, 0.6) is 0 Å². The zero-order valence-electron chi connectivity index (χ0n) is 11.5. The molecular formula is C14H22BrNO2. The number of hydrogen-bond acceptors (Lipinski definition) is 3. The van der Waals surface area contributed by atoms with Crippen LogP contribution in [0.2, 0.25) is 0 Å². The van der Waals surface area contributed by atoms with E-state index in [1.165, 1.54) is 0 Å². The summed E-state index contributed by atoms with van der Waals surface area (Å²) in [5.41, 5.74) is 2.01. The van der Waals surface area contributed by atoms with E-state index >= 15 is 0 Å². The molecule has 1 unspecified atom stereocenters. The summed E-state index contributed by atoms with van der Waals surface area (Å²) in [4.78, 5) is 2.25. The fourth-order valence-electron chi connectivity index (χ4n) is 1.97. The van der Waals surface area contributed by atoms with E-state index in [0.29, 0.717) is 12.6 Å². The average molecular weight is 316 g/mol. The van der Waals surface area contributed by atoms with E-state index < -0.39 is 6.10 Å². The standard InChI is InChI=1S/C14H22BrNO2/c1-10(2)16(7-8-18-4)14-9-12(15)5-6-13(14)11(3)17/h5-6,9-11,17H,7-8H2,1-4H3. The van der Waals surface area contributed by atoms with Crippen molar-refractivity contribution >= 4 is 21.6 Å². The van der Waals surface area contributed by atoms with Gasteiger partial charge in [-0.15, -0.1) is 0 Å². The quantitative estimate of drug-likeness (QED) is 0.873. The Bertz CT molecular complexity index is 380. The van der Waals surface area contributed by atoms with Crippen molar-refractivity contribution in [3.8, 4) is 0 Å². The van der Waals surface area contributed by atoms with Gasteiger partial charge in [0.1, 0.15) is 0 Å². The minimum Gasteiger partial charge on any atom is -0.389 e. The van der Waals surface area contributed by atoms with E-state index in [2.05, 4.69) is 40.7 Å². The predicted molar refractivity (Wildman–Crippen MR) is 79.1 cm³/mol. The maximum atomic E-state index is 9.88. The van der Waals surface area contributed by atoms with Gasteiger partial charge in [-0.3, -0.25) is 0 Å². The van der Waals surface area contributed by atoms with Gasteiger partial charge in [-0.05, 0) is 32.9 Å². The first kappa shape index (κ1) is 15.5. The van der Waals surface area contributed by atoms with Crippen molar-refractivity contribution in [2.75, 3.05) is 25.2 Å². The van der Waals surface area contributed by atoms with Crippen LogP contribution in [0.1, 0.15) is 32.4 Å². The molecule has 0 saturated carbocycles. The van der Waals surface area contributed by atoms with Gasteiger partial charge in [0.05, 0.1) is 12.7 Å². The number of nitrogens with zero attached hydrogens (tertiary/aromatic N) is 1. The normalized spacial score (nSPS) is 12.8. The Balaban J connectivity index is 3.12. The molecular weight excluding hydrogens is 294 g/mol. The Hall–Kier alpha value is -0.580. The Morgan fingerprint density at radius 3 is 2.50 bits per heavy atom. The molecule has 0 aliphatic heterocycles. The summed E-state index contributed by atoms with van der Waals surface area (Å²) in [5, 5.41) is 9.88. The number of benzene rings is 1. The maximum absolute atomic E-state index is 9.88. The van der Waals surface area contributed by atoms with Crippen LogP contribution in [0.15, 0.2) is 22.7 Å². The molecule has 102 valence electrons. The van der Waals surface area contributed by atoms with E-state index in [1.54, 1.807) is 14.0 Å². The molecule has 0 fully saturated rings. The molecule has 3 nitrogen and oxygen atoms in total. The molecule has 0 aliphatic rings. The summed E-state index contributed by atoms with van der Waals surface area (Å²) in [6.45, 7) is 7.56. The number of hydrogen-bond donors (Lipinski definition) is 1. The van der Waals surface area contributed by atoms with Crippen LogP contribution < -0.4 is 4.90 Å². The SMILES string of the molecule is COCCN(c1cc(Br)ccc1C(C)O)C(C)C. The summed E-state index contributed by atoms with van der Waals surface area (Å²) < 4.78 is 6.18. The van der Waals surface area contributed by atoms with Gasteiger partial charge in [0, 0.05) is 35.4 Å². The highest BCUT2D eigenvalue weighted by atomic mass is 79.9. The summed E-state index contributed by atoms with van der Waals surface area (Å²) in [7, 11) is 1.70. The monoisotopic (exact) mass is 315 g/mol. The smallest absolute Gasteiger partial charge is 0.0782 e. The Labute approximate surface area is 118 Å². The van der Waals surface area contributed by atoms with Crippen LogP contribution in [0.3, 0.4) is 0 Å². The van der Waals surface area contributed by atoms with Crippen molar-refractivity contribution in [3.05, 3.63) is 28.2 Å². The van der Waals surface area contributed by atoms with Crippen molar-refractivity contribution in [1.29, 1.82) is 0 Å². The van der Waals surface area contributed by atoms with Crippen LogP contribution in [-0.4, -0.2) is 31.4 Å². The van der Waals surface area contributed by atoms with Crippen LogP contribution >= 0.6 is 15.9 Å². The third kappa shape index (κ3) is 3.97. The molecule has 0 radical (unpaired) electrons. The van der Waals surface area contributed by atoms with Crippen LogP contribution in [0, 0.1) is 0 Å². The minimum absolute atomic E-state index is 0.354. The maximum Gasteiger partial charge on any atom is 0.0782 e. The fourth-order valence-corrected chi connectivity index (χ4v) is 2.31. The van der Waals surface area contributed by atoms with E-state index in [-0.39, 0.29) is 0 Å². The summed E-state index contributed by atoms with van der Waals surface area (Å²) >= 11 is 3.49. The van der Waals surface area contributed by atoms with E-state index in [4.69, 9.17) is 4.74 Å². The molecule has 4 heteroatoms. The third-order valence-electron chi connectivity index (χ3n) is 2.91. The molecule has 0 spiro atoms. The van der Waals surface area contributed by atoms with E-state index in [0.717, 1.165) is 22.3 Å². The molecule has 1 rings (SSSR count). The van der Waals surface area contributed by atoms with Gasteiger partial charge in [-0.1, -0.05) is 22.0 Å². The third-order valence-corrected chi connectivity index (χ3v) is 3.40. The Morgan fingerprint density at radius 1 is 1.33 bits per heavy atom. The number of aliphatic hydroxyl groups excluding tert-OH is 1.